The second kappa shape index (κ2) is 11.5. The van der Waals surface area contributed by atoms with E-state index in [4.69, 9.17) is 14.9 Å². The zero-order chi connectivity index (χ0) is 23.8. The third kappa shape index (κ3) is 6.10. The van der Waals surface area contributed by atoms with Crippen LogP contribution < -0.4 is 10.6 Å². The number of aliphatic hydroxyl groups excluding tert-OH is 1. The minimum atomic E-state index is -1.19. The maximum absolute atomic E-state index is 12.5. The van der Waals surface area contributed by atoms with Crippen molar-refractivity contribution in [1.29, 1.82) is 0 Å². The molecule has 1 aliphatic rings. The number of fused-ring (bicyclic) bond motifs is 3. The van der Waals surface area contributed by atoms with Gasteiger partial charge < -0.3 is 25.6 Å². The molecule has 0 saturated heterocycles. The number of amides is 2. The van der Waals surface area contributed by atoms with Crippen LogP contribution >= 0.6 is 0 Å². The molecule has 1 unspecified atom stereocenters. The van der Waals surface area contributed by atoms with E-state index >= 15 is 0 Å². The van der Waals surface area contributed by atoms with Crippen LogP contribution in [0.25, 0.3) is 11.1 Å². The molecule has 0 aromatic heterocycles. The number of alkyl carbamates (subject to hydrolysis) is 1. The van der Waals surface area contributed by atoms with E-state index in [1.807, 2.05) is 31.2 Å². The van der Waals surface area contributed by atoms with Gasteiger partial charge in [-0.15, -0.1) is 0 Å². The molecule has 2 amide bonds. The number of aliphatic hydroxyl groups is 1. The Bertz CT molecular complexity index is 947. The largest absolute Gasteiger partial charge is 0.480 e. The smallest absolute Gasteiger partial charge is 0.407 e. The van der Waals surface area contributed by atoms with Gasteiger partial charge in [0.15, 0.2) is 0 Å². The summed E-state index contributed by atoms with van der Waals surface area (Å²) in [4.78, 5) is 35.6. The van der Waals surface area contributed by atoms with Crippen LogP contribution in [-0.2, 0) is 14.3 Å². The molecule has 0 bridgehead atoms. The first kappa shape index (κ1) is 24.3. The minimum Gasteiger partial charge on any atom is -0.480 e. The second-order valence-corrected chi connectivity index (χ2v) is 8.08. The summed E-state index contributed by atoms with van der Waals surface area (Å²) in [5, 5.41) is 23.2. The van der Waals surface area contributed by atoms with E-state index in [9.17, 15) is 14.4 Å². The Hall–Kier alpha value is -3.39. The molecular weight excluding hydrogens is 424 g/mol. The maximum Gasteiger partial charge on any atom is 0.407 e. The lowest BCUT2D eigenvalue weighted by atomic mass is 9.98. The van der Waals surface area contributed by atoms with Crippen LogP contribution in [0.1, 0.15) is 49.7 Å². The fraction of sp³-hybridized carbons (Fsp3) is 0.400. The molecule has 2 aromatic rings. The number of carboxylic acids is 1. The van der Waals surface area contributed by atoms with Crippen molar-refractivity contribution in [2.24, 2.45) is 0 Å². The Labute approximate surface area is 193 Å². The third-order valence-electron chi connectivity index (χ3n) is 5.93. The molecule has 0 radical (unpaired) electrons. The van der Waals surface area contributed by atoms with Gasteiger partial charge in [0.25, 0.3) is 0 Å². The van der Waals surface area contributed by atoms with E-state index < -0.39 is 24.0 Å². The van der Waals surface area contributed by atoms with E-state index in [1.54, 1.807) is 0 Å². The van der Waals surface area contributed by atoms with Crippen LogP contribution in [0.2, 0.25) is 0 Å². The van der Waals surface area contributed by atoms with Gasteiger partial charge in [0, 0.05) is 31.4 Å². The number of nitrogens with one attached hydrogen (secondary N) is 2. The Morgan fingerprint density at radius 3 is 2.12 bits per heavy atom. The summed E-state index contributed by atoms with van der Waals surface area (Å²) in [6.45, 7) is 1.76. The van der Waals surface area contributed by atoms with Crippen molar-refractivity contribution < 1.29 is 29.3 Å². The predicted molar refractivity (Wildman–Crippen MR) is 123 cm³/mol. The minimum absolute atomic E-state index is 0.0338. The SMILES string of the molecule is CCC(CCC(=O)N[C@H](CCO)C(=O)O)NC(=O)OCC1c2ccccc2-c2ccccc21. The predicted octanol–water partition coefficient (Wildman–Crippen LogP) is 3.04. The molecule has 0 spiro atoms. The molecule has 4 N–H and O–H groups in total. The fourth-order valence-corrected chi connectivity index (χ4v) is 4.14. The number of carbonyl (C=O) groups excluding carboxylic acids is 2. The zero-order valence-corrected chi connectivity index (χ0v) is 18.6. The van der Waals surface area contributed by atoms with Crippen molar-refractivity contribution in [3.05, 3.63) is 59.7 Å². The quantitative estimate of drug-likeness (QED) is 0.414. The molecule has 0 saturated carbocycles. The molecule has 1 aliphatic carbocycles. The number of carbonyl (C=O) groups is 3. The van der Waals surface area contributed by atoms with E-state index in [1.165, 1.54) is 0 Å². The van der Waals surface area contributed by atoms with Crippen molar-refractivity contribution in [2.45, 2.75) is 50.6 Å². The van der Waals surface area contributed by atoms with Crippen molar-refractivity contribution in [3.8, 4) is 11.1 Å². The fourth-order valence-electron chi connectivity index (χ4n) is 4.14. The first-order valence-corrected chi connectivity index (χ1v) is 11.2. The van der Waals surface area contributed by atoms with Crippen molar-refractivity contribution in [1.82, 2.24) is 10.6 Å². The summed E-state index contributed by atoms with van der Waals surface area (Å²) >= 11 is 0. The molecule has 0 fully saturated rings. The van der Waals surface area contributed by atoms with Gasteiger partial charge in [-0.25, -0.2) is 9.59 Å². The Kier molecular flexibility index (Phi) is 8.43. The van der Waals surface area contributed by atoms with Crippen LogP contribution in [0.5, 0.6) is 0 Å². The van der Waals surface area contributed by atoms with Crippen molar-refractivity contribution in [3.63, 3.8) is 0 Å². The molecule has 176 valence electrons. The van der Waals surface area contributed by atoms with Gasteiger partial charge in [0.2, 0.25) is 5.91 Å². The topological polar surface area (TPSA) is 125 Å². The van der Waals surface area contributed by atoms with Crippen LogP contribution in [0.15, 0.2) is 48.5 Å². The van der Waals surface area contributed by atoms with Gasteiger partial charge in [-0.2, -0.15) is 0 Å². The number of hydrogen-bond acceptors (Lipinski definition) is 5. The van der Waals surface area contributed by atoms with Gasteiger partial charge in [-0.3, -0.25) is 4.79 Å². The molecule has 2 aromatic carbocycles. The summed E-state index contributed by atoms with van der Waals surface area (Å²) in [5.41, 5.74) is 4.57. The Balaban J connectivity index is 1.51. The number of aliphatic carboxylic acids is 1. The molecule has 0 heterocycles. The number of hydrogen-bond donors (Lipinski definition) is 4. The lowest BCUT2D eigenvalue weighted by molar-refractivity contribution is -0.142. The first-order chi connectivity index (χ1) is 15.9. The molecular formula is C25H30N2O6. The van der Waals surface area contributed by atoms with E-state index in [2.05, 4.69) is 34.9 Å². The van der Waals surface area contributed by atoms with Crippen LogP contribution in [0.4, 0.5) is 4.79 Å². The maximum atomic E-state index is 12.5. The lowest BCUT2D eigenvalue weighted by Crippen LogP contribution is -2.42. The third-order valence-corrected chi connectivity index (χ3v) is 5.93. The molecule has 8 nitrogen and oxygen atoms in total. The van der Waals surface area contributed by atoms with Gasteiger partial charge in [0.05, 0.1) is 0 Å². The number of carboxylic acid groups (broad SMARTS) is 1. The molecule has 3 rings (SSSR count). The molecule has 33 heavy (non-hydrogen) atoms. The van der Waals surface area contributed by atoms with Crippen LogP contribution in [0.3, 0.4) is 0 Å². The number of benzene rings is 2. The van der Waals surface area contributed by atoms with Crippen LogP contribution in [-0.4, -0.2) is 53.5 Å². The average Bonchev–Trinajstić information content (AvgIpc) is 3.13. The summed E-state index contributed by atoms with van der Waals surface area (Å²) < 4.78 is 5.55. The highest BCUT2D eigenvalue weighted by Crippen LogP contribution is 2.44. The Morgan fingerprint density at radius 2 is 1.58 bits per heavy atom. The first-order valence-electron chi connectivity index (χ1n) is 11.2. The summed E-state index contributed by atoms with van der Waals surface area (Å²) in [6, 6.07) is 14.8. The summed E-state index contributed by atoms with van der Waals surface area (Å²) in [7, 11) is 0. The standard InChI is InChI=1S/C25H30N2O6/c1-2-16(11-12-23(29)27-22(13-14-28)24(30)31)26-25(32)33-15-21-19-9-5-3-7-17(19)18-8-4-6-10-20(18)21/h3-10,16,21-22,28H,2,11-15H2,1H3,(H,26,32)(H,27,29)(H,30,31)/t16?,22-/m1/s1. The van der Waals surface area contributed by atoms with Gasteiger partial charge in [-0.05, 0) is 35.1 Å². The zero-order valence-electron chi connectivity index (χ0n) is 18.6. The summed E-state index contributed by atoms with van der Waals surface area (Å²) in [5.74, 6) is -1.67. The second-order valence-electron chi connectivity index (χ2n) is 8.08. The van der Waals surface area contributed by atoms with Gasteiger partial charge >= 0.3 is 12.1 Å². The average molecular weight is 455 g/mol. The van der Waals surface area contributed by atoms with Crippen molar-refractivity contribution >= 4 is 18.0 Å². The molecule has 2 atom stereocenters. The number of rotatable bonds is 11. The van der Waals surface area contributed by atoms with Crippen LogP contribution in [0, 0.1) is 0 Å². The van der Waals surface area contributed by atoms with Crippen molar-refractivity contribution in [2.75, 3.05) is 13.2 Å². The Morgan fingerprint density at radius 1 is 0.970 bits per heavy atom. The van der Waals surface area contributed by atoms with Gasteiger partial charge in [0.1, 0.15) is 12.6 Å². The molecule has 8 heteroatoms. The highest BCUT2D eigenvalue weighted by atomic mass is 16.5. The highest BCUT2D eigenvalue weighted by molar-refractivity contribution is 5.83. The monoisotopic (exact) mass is 454 g/mol. The number of ether oxygens (including phenoxy) is 1. The lowest BCUT2D eigenvalue weighted by Gasteiger charge is -2.19. The highest BCUT2D eigenvalue weighted by Gasteiger charge is 2.29. The van der Waals surface area contributed by atoms with E-state index in [-0.39, 0.29) is 38.0 Å². The summed E-state index contributed by atoms with van der Waals surface area (Å²) in [6.07, 6.45) is 0.384. The van der Waals surface area contributed by atoms with E-state index in [0.717, 1.165) is 22.3 Å². The van der Waals surface area contributed by atoms with E-state index in [0.29, 0.717) is 12.8 Å². The normalized spacial score (nSPS) is 14.0. The van der Waals surface area contributed by atoms with Gasteiger partial charge in [-0.1, -0.05) is 55.5 Å². The molecule has 0 aliphatic heterocycles.